The predicted octanol–water partition coefficient (Wildman–Crippen LogP) is 1.98. The van der Waals surface area contributed by atoms with Crippen LogP contribution in [-0.4, -0.2) is 22.8 Å². The number of amides is 2. The molecule has 1 aliphatic heterocycles. The van der Waals surface area contributed by atoms with Gasteiger partial charge in [0.1, 0.15) is 0 Å². The van der Waals surface area contributed by atoms with Crippen LogP contribution >= 0.6 is 15.9 Å². The third-order valence-electron chi connectivity index (χ3n) is 2.52. The fourth-order valence-electron chi connectivity index (χ4n) is 1.58. The Morgan fingerprint density at radius 2 is 1.89 bits per heavy atom. The molecule has 0 spiro atoms. The van der Waals surface area contributed by atoms with Crippen molar-refractivity contribution < 1.29 is 19.2 Å². The van der Waals surface area contributed by atoms with E-state index in [4.69, 9.17) is 4.84 Å². The number of hydroxylamine groups is 2. The van der Waals surface area contributed by atoms with Gasteiger partial charge in [-0.05, 0) is 40.5 Å². The highest BCUT2D eigenvalue weighted by molar-refractivity contribution is 9.10. The number of nitrogens with zero attached hydrogens (tertiary/aromatic N) is 1. The van der Waals surface area contributed by atoms with Gasteiger partial charge in [-0.25, -0.2) is 4.79 Å². The van der Waals surface area contributed by atoms with Gasteiger partial charge in [-0.2, -0.15) is 0 Å². The van der Waals surface area contributed by atoms with Gasteiger partial charge in [0.25, 0.3) is 11.8 Å². The quantitative estimate of drug-likeness (QED) is 0.783. The molecule has 0 aromatic heterocycles. The van der Waals surface area contributed by atoms with Gasteiger partial charge in [0, 0.05) is 17.3 Å². The van der Waals surface area contributed by atoms with Crippen molar-refractivity contribution in [3.8, 4) is 0 Å². The average Bonchev–Trinajstić information content (AvgIpc) is 2.60. The topological polar surface area (TPSA) is 63.7 Å². The summed E-state index contributed by atoms with van der Waals surface area (Å²) in [5.41, 5.74) is 1.25. The van der Waals surface area contributed by atoms with Crippen LogP contribution in [0, 0.1) is 6.92 Å². The molecule has 2 amide bonds. The first-order valence-corrected chi connectivity index (χ1v) is 6.12. The minimum atomic E-state index is -0.731. The van der Waals surface area contributed by atoms with Gasteiger partial charge >= 0.3 is 5.97 Å². The van der Waals surface area contributed by atoms with Crippen LogP contribution in [0.15, 0.2) is 22.7 Å². The Balaban J connectivity index is 2.17. The molecule has 0 aliphatic carbocycles. The second kappa shape index (κ2) is 4.89. The van der Waals surface area contributed by atoms with Gasteiger partial charge in [-0.3, -0.25) is 9.59 Å². The normalized spacial score (nSPS) is 15.1. The van der Waals surface area contributed by atoms with E-state index >= 15 is 0 Å². The largest absolute Gasteiger partial charge is 0.365 e. The maximum atomic E-state index is 11.8. The Bertz CT molecular complexity index is 525. The summed E-state index contributed by atoms with van der Waals surface area (Å²) in [7, 11) is 0. The van der Waals surface area contributed by atoms with E-state index < -0.39 is 17.8 Å². The molecule has 6 heteroatoms. The lowest BCUT2D eigenvalue weighted by atomic mass is 10.1. The molecule has 0 unspecified atom stereocenters. The Labute approximate surface area is 112 Å². The van der Waals surface area contributed by atoms with Crippen LogP contribution in [0.5, 0.6) is 0 Å². The highest BCUT2D eigenvalue weighted by Gasteiger charge is 2.33. The lowest BCUT2D eigenvalue weighted by Gasteiger charge is -2.13. The Kier molecular flexibility index (Phi) is 3.47. The van der Waals surface area contributed by atoms with Gasteiger partial charge < -0.3 is 4.84 Å². The van der Waals surface area contributed by atoms with Crippen LogP contribution in [0.3, 0.4) is 0 Å². The zero-order chi connectivity index (χ0) is 13.3. The maximum Gasteiger partial charge on any atom is 0.365 e. The van der Waals surface area contributed by atoms with Crippen molar-refractivity contribution in [3.63, 3.8) is 0 Å². The van der Waals surface area contributed by atoms with Gasteiger partial charge in [0.2, 0.25) is 0 Å². The van der Waals surface area contributed by atoms with Gasteiger partial charge in [0.05, 0.1) is 5.56 Å². The van der Waals surface area contributed by atoms with Crippen LogP contribution < -0.4 is 0 Å². The summed E-state index contributed by atoms with van der Waals surface area (Å²) in [5, 5.41) is 0.536. The molecule has 0 N–H and O–H groups in total. The standard InChI is InChI=1S/C12H10BrNO4/c1-7-2-3-8(9(13)6-7)12(17)18-14-10(15)4-5-11(14)16/h2-3,6H,4-5H2,1H3. The number of imide groups is 1. The summed E-state index contributed by atoms with van der Waals surface area (Å²) in [5.74, 6) is -1.71. The van der Waals surface area contributed by atoms with Crippen molar-refractivity contribution in [2.75, 3.05) is 0 Å². The minimum Gasteiger partial charge on any atom is -0.325 e. The van der Waals surface area contributed by atoms with E-state index in [9.17, 15) is 14.4 Å². The van der Waals surface area contributed by atoms with E-state index in [0.29, 0.717) is 9.54 Å². The van der Waals surface area contributed by atoms with Crippen molar-refractivity contribution >= 4 is 33.7 Å². The number of carbonyl (C=O) groups is 3. The Hall–Kier alpha value is -1.69. The van der Waals surface area contributed by atoms with E-state index in [-0.39, 0.29) is 18.4 Å². The number of carbonyl (C=O) groups excluding carboxylic acids is 3. The van der Waals surface area contributed by atoms with Crippen molar-refractivity contribution in [2.45, 2.75) is 19.8 Å². The van der Waals surface area contributed by atoms with E-state index in [1.165, 1.54) is 0 Å². The monoisotopic (exact) mass is 311 g/mol. The highest BCUT2D eigenvalue weighted by atomic mass is 79.9. The minimum absolute atomic E-state index is 0.0845. The molecule has 0 bridgehead atoms. The lowest BCUT2D eigenvalue weighted by molar-refractivity contribution is -0.172. The van der Waals surface area contributed by atoms with Crippen molar-refractivity contribution in [2.24, 2.45) is 0 Å². The lowest BCUT2D eigenvalue weighted by Crippen LogP contribution is -2.32. The molecule has 0 atom stereocenters. The number of benzene rings is 1. The molecule has 1 aromatic rings. The molecular weight excluding hydrogens is 302 g/mol. The average molecular weight is 312 g/mol. The summed E-state index contributed by atoms with van der Waals surface area (Å²) in [6.45, 7) is 1.88. The zero-order valence-electron chi connectivity index (χ0n) is 9.60. The smallest absolute Gasteiger partial charge is 0.325 e. The molecule has 0 saturated carbocycles. The van der Waals surface area contributed by atoms with Crippen LogP contribution in [0.2, 0.25) is 0 Å². The summed E-state index contributed by atoms with van der Waals surface area (Å²) in [6, 6.07) is 5.08. The summed E-state index contributed by atoms with van der Waals surface area (Å²) in [4.78, 5) is 39.2. The van der Waals surface area contributed by atoms with Crippen molar-refractivity contribution in [1.29, 1.82) is 0 Å². The molecule has 1 aliphatic rings. The summed E-state index contributed by atoms with van der Waals surface area (Å²) < 4.78 is 0.562. The van der Waals surface area contributed by atoms with E-state index in [2.05, 4.69) is 15.9 Å². The first-order valence-electron chi connectivity index (χ1n) is 5.33. The van der Waals surface area contributed by atoms with Gasteiger partial charge in [-0.1, -0.05) is 6.07 Å². The molecule has 1 aromatic carbocycles. The molecule has 1 fully saturated rings. The van der Waals surface area contributed by atoms with Crippen molar-refractivity contribution in [3.05, 3.63) is 33.8 Å². The number of aryl methyl sites for hydroxylation is 1. The third kappa shape index (κ3) is 2.43. The first kappa shape index (κ1) is 12.8. The molecule has 5 nitrogen and oxygen atoms in total. The fraction of sp³-hybridized carbons (Fsp3) is 0.250. The van der Waals surface area contributed by atoms with Crippen LogP contribution in [-0.2, 0) is 14.4 Å². The van der Waals surface area contributed by atoms with Crippen LogP contribution in [0.25, 0.3) is 0 Å². The fourth-order valence-corrected chi connectivity index (χ4v) is 2.23. The third-order valence-corrected chi connectivity index (χ3v) is 3.18. The number of halogens is 1. The van der Waals surface area contributed by atoms with Crippen molar-refractivity contribution in [1.82, 2.24) is 5.06 Å². The predicted molar refractivity (Wildman–Crippen MR) is 65.4 cm³/mol. The molecule has 1 heterocycles. The Morgan fingerprint density at radius 1 is 1.28 bits per heavy atom. The number of rotatable bonds is 2. The second-order valence-electron chi connectivity index (χ2n) is 3.94. The molecule has 94 valence electrons. The molecule has 18 heavy (non-hydrogen) atoms. The first-order chi connectivity index (χ1) is 8.49. The van der Waals surface area contributed by atoms with E-state index in [0.717, 1.165) is 5.56 Å². The number of hydrogen-bond acceptors (Lipinski definition) is 4. The molecule has 0 radical (unpaired) electrons. The maximum absolute atomic E-state index is 11.8. The van der Waals surface area contributed by atoms with Gasteiger partial charge in [0.15, 0.2) is 0 Å². The Morgan fingerprint density at radius 3 is 2.44 bits per heavy atom. The molecule has 1 saturated heterocycles. The molecular formula is C12H10BrNO4. The van der Waals surface area contributed by atoms with Gasteiger partial charge in [-0.15, -0.1) is 5.06 Å². The highest BCUT2D eigenvalue weighted by Crippen LogP contribution is 2.21. The zero-order valence-corrected chi connectivity index (χ0v) is 11.2. The van der Waals surface area contributed by atoms with Crippen LogP contribution in [0.1, 0.15) is 28.8 Å². The second-order valence-corrected chi connectivity index (χ2v) is 4.80. The summed E-state index contributed by atoms with van der Waals surface area (Å²) >= 11 is 3.24. The van der Waals surface area contributed by atoms with Crippen LogP contribution in [0.4, 0.5) is 0 Å². The molecule has 2 rings (SSSR count). The summed E-state index contributed by atoms with van der Waals surface area (Å²) in [6.07, 6.45) is 0.169. The number of hydrogen-bond donors (Lipinski definition) is 0. The van der Waals surface area contributed by atoms with E-state index in [1.807, 2.05) is 6.92 Å². The van der Waals surface area contributed by atoms with E-state index in [1.54, 1.807) is 18.2 Å². The SMILES string of the molecule is Cc1ccc(C(=O)ON2C(=O)CCC2=O)c(Br)c1.